The zero-order chi connectivity index (χ0) is 19.9. The van der Waals surface area contributed by atoms with E-state index in [1.54, 1.807) is 23.9 Å². The van der Waals surface area contributed by atoms with Crippen LogP contribution < -0.4 is 5.32 Å². The van der Waals surface area contributed by atoms with E-state index in [-0.39, 0.29) is 5.57 Å². The molecule has 3 nitrogen and oxygen atoms in total. The van der Waals surface area contributed by atoms with Gasteiger partial charge in [0.1, 0.15) is 11.6 Å². The molecule has 0 fully saturated rings. The van der Waals surface area contributed by atoms with Gasteiger partial charge in [-0.15, -0.1) is 0 Å². The van der Waals surface area contributed by atoms with Gasteiger partial charge in [0, 0.05) is 20.5 Å². The van der Waals surface area contributed by atoms with Crippen molar-refractivity contribution >= 4 is 41.0 Å². The molecule has 3 rings (SSSR count). The van der Waals surface area contributed by atoms with Gasteiger partial charge in [0.2, 0.25) is 0 Å². The molecule has 0 heterocycles. The molecule has 0 atom stereocenters. The zero-order valence-electron chi connectivity index (χ0n) is 15.1. The minimum absolute atomic E-state index is 0.0552. The zero-order valence-corrected chi connectivity index (χ0v) is 16.7. The Balaban J connectivity index is 1.70. The van der Waals surface area contributed by atoms with Crippen LogP contribution in [0.25, 0.3) is 6.08 Å². The second-order valence-corrected chi connectivity index (χ2v) is 7.70. The van der Waals surface area contributed by atoms with Crippen molar-refractivity contribution in [3.05, 3.63) is 94.5 Å². The first-order valence-electron chi connectivity index (χ1n) is 8.57. The minimum atomic E-state index is -0.423. The molecule has 1 amide bonds. The number of nitrogens with one attached hydrogen (secondary N) is 1. The standard InChI is InChI=1S/C23H17ClN2OS/c1-16-3-2-4-20(13-16)26-23(27)18(15-25)14-17-5-9-21(10-6-17)28-22-11-7-19(24)8-12-22/h2-14H,1H3,(H,26,27)/b18-14-. The highest BCUT2D eigenvalue weighted by Crippen LogP contribution is 2.29. The van der Waals surface area contributed by atoms with E-state index >= 15 is 0 Å². The third kappa shape index (κ3) is 5.50. The molecule has 0 saturated heterocycles. The van der Waals surface area contributed by atoms with E-state index in [2.05, 4.69) is 5.32 Å². The summed E-state index contributed by atoms with van der Waals surface area (Å²) in [5.41, 5.74) is 2.55. The summed E-state index contributed by atoms with van der Waals surface area (Å²) >= 11 is 7.52. The second kappa shape index (κ2) is 9.27. The smallest absolute Gasteiger partial charge is 0.266 e. The molecule has 0 aliphatic rings. The van der Waals surface area contributed by atoms with Crippen molar-refractivity contribution < 1.29 is 4.79 Å². The van der Waals surface area contributed by atoms with Gasteiger partial charge in [-0.2, -0.15) is 5.26 Å². The van der Waals surface area contributed by atoms with Crippen molar-refractivity contribution in [1.82, 2.24) is 0 Å². The van der Waals surface area contributed by atoms with Gasteiger partial charge in [0.15, 0.2) is 0 Å². The summed E-state index contributed by atoms with van der Waals surface area (Å²) in [5.74, 6) is -0.423. The fraction of sp³-hybridized carbons (Fsp3) is 0.0435. The average Bonchev–Trinajstić information content (AvgIpc) is 2.69. The molecule has 0 bridgehead atoms. The predicted molar refractivity (Wildman–Crippen MR) is 115 cm³/mol. The summed E-state index contributed by atoms with van der Waals surface area (Å²) in [6.07, 6.45) is 1.59. The molecule has 0 aliphatic carbocycles. The van der Waals surface area contributed by atoms with Gasteiger partial charge in [-0.3, -0.25) is 4.79 Å². The first-order valence-corrected chi connectivity index (χ1v) is 9.76. The highest BCUT2D eigenvalue weighted by atomic mass is 35.5. The van der Waals surface area contributed by atoms with Crippen molar-refractivity contribution in [2.45, 2.75) is 16.7 Å². The molecule has 0 aromatic heterocycles. The van der Waals surface area contributed by atoms with Gasteiger partial charge in [-0.1, -0.05) is 47.6 Å². The van der Waals surface area contributed by atoms with Gasteiger partial charge in [0.25, 0.3) is 5.91 Å². The number of hydrogen-bond acceptors (Lipinski definition) is 3. The Bertz CT molecular complexity index is 1050. The number of amides is 1. The molecule has 3 aromatic carbocycles. The largest absolute Gasteiger partial charge is 0.321 e. The molecule has 1 N–H and O–H groups in total. The average molecular weight is 405 g/mol. The van der Waals surface area contributed by atoms with Crippen molar-refractivity contribution in [1.29, 1.82) is 5.26 Å². The van der Waals surface area contributed by atoms with Crippen molar-refractivity contribution in [2.24, 2.45) is 0 Å². The molecule has 0 radical (unpaired) electrons. The highest BCUT2D eigenvalue weighted by molar-refractivity contribution is 7.99. The molecular weight excluding hydrogens is 388 g/mol. The number of hydrogen-bond donors (Lipinski definition) is 1. The summed E-state index contributed by atoms with van der Waals surface area (Å²) in [6, 6.07) is 24.7. The number of anilines is 1. The van der Waals surface area contributed by atoms with Crippen LogP contribution in [0.5, 0.6) is 0 Å². The molecule has 0 saturated carbocycles. The van der Waals surface area contributed by atoms with Crippen LogP contribution in [-0.2, 0) is 4.79 Å². The fourth-order valence-corrected chi connectivity index (χ4v) is 3.45. The Morgan fingerprint density at radius 3 is 2.29 bits per heavy atom. The second-order valence-electron chi connectivity index (χ2n) is 6.12. The van der Waals surface area contributed by atoms with E-state index in [1.165, 1.54) is 0 Å². The highest BCUT2D eigenvalue weighted by Gasteiger charge is 2.09. The maximum Gasteiger partial charge on any atom is 0.266 e. The Morgan fingerprint density at radius 2 is 1.68 bits per heavy atom. The van der Waals surface area contributed by atoms with Crippen LogP contribution in [0.2, 0.25) is 5.02 Å². The van der Waals surface area contributed by atoms with E-state index < -0.39 is 5.91 Å². The van der Waals surface area contributed by atoms with Crippen LogP contribution in [-0.4, -0.2) is 5.91 Å². The first-order chi connectivity index (χ1) is 13.5. The fourth-order valence-electron chi connectivity index (χ4n) is 2.51. The molecule has 5 heteroatoms. The van der Waals surface area contributed by atoms with Crippen LogP contribution >= 0.6 is 23.4 Å². The van der Waals surface area contributed by atoms with E-state index in [0.717, 1.165) is 20.9 Å². The summed E-state index contributed by atoms with van der Waals surface area (Å²) in [7, 11) is 0. The number of carbonyl (C=O) groups excluding carboxylic acids is 1. The summed E-state index contributed by atoms with van der Waals surface area (Å²) in [5, 5.41) is 12.8. The maximum atomic E-state index is 12.4. The van der Waals surface area contributed by atoms with Crippen molar-refractivity contribution in [2.75, 3.05) is 5.32 Å². The van der Waals surface area contributed by atoms with Crippen LogP contribution in [0.4, 0.5) is 5.69 Å². The van der Waals surface area contributed by atoms with E-state index in [4.69, 9.17) is 11.6 Å². The monoisotopic (exact) mass is 404 g/mol. The minimum Gasteiger partial charge on any atom is -0.321 e. The van der Waals surface area contributed by atoms with Crippen molar-refractivity contribution in [3.63, 3.8) is 0 Å². The normalized spacial score (nSPS) is 11.0. The van der Waals surface area contributed by atoms with Crippen molar-refractivity contribution in [3.8, 4) is 6.07 Å². The number of aryl methyl sites for hydroxylation is 1. The number of carbonyl (C=O) groups is 1. The summed E-state index contributed by atoms with van der Waals surface area (Å²) in [6.45, 7) is 1.94. The van der Waals surface area contributed by atoms with Gasteiger partial charge < -0.3 is 5.32 Å². The van der Waals surface area contributed by atoms with Gasteiger partial charge in [-0.25, -0.2) is 0 Å². The lowest BCUT2D eigenvalue weighted by Gasteiger charge is -2.06. The Labute approximate surface area is 173 Å². The first kappa shape index (κ1) is 19.8. The maximum absolute atomic E-state index is 12.4. The summed E-state index contributed by atoms with van der Waals surface area (Å²) in [4.78, 5) is 14.5. The van der Waals surface area contributed by atoms with E-state index in [1.807, 2.05) is 79.7 Å². The number of rotatable bonds is 5. The molecule has 3 aromatic rings. The van der Waals surface area contributed by atoms with Crippen LogP contribution in [0.3, 0.4) is 0 Å². The quantitative estimate of drug-likeness (QED) is 0.398. The summed E-state index contributed by atoms with van der Waals surface area (Å²) < 4.78 is 0. The van der Waals surface area contributed by atoms with Crippen LogP contribution in [0.1, 0.15) is 11.1 Å². The number of nitriles is 1. The molecule has 28 heavy (non-hydrogen) atoms. The lowest BCUT2D eigenvalue weighted by Crippen LogP contribution is -2.13. The predicted octanol–water partition coefficient (Wildman–Crippen LogP) is 6.35. The molecule has 0 unspecified atom stereocenters. The molecule has 0 spiro atoms. The number of halogens is 1. The van der Waals surface area contributed by atoms with E-state index in [0.29, 0.717) is 10.7 Å². The third-order valence-corrected chi connectivity index (χ3v) is 5.15. The Kier molecular flexibility index (Phi) is 6.54. The van der Waals surface area contributed by atoms with Gasteiger partial charge >= 0.3 is 0 Å². The van der Waals surface area contributed by atoms with Gasteiger partial charge in [-0.05, 0) is 72.7 Å². The lowest BCUT2D eigenvalue weighted by atomic mass is 10.1. The SMILES string of the molecule is Cc1cccc(NC(=O)/C(C#N)=C\c2ccc(Sc3ccc(Cl)cc3)cc2)c1. The molecule has 0 aliphatic heterocycles. The topological polar surface area (TPSA) is 52.9 Å². The third-order valence-electron chi connectivity index (χ3n) is 3.88. The number of benzene rings is 3. The van der Waals surface area contributed by atoms with E-state index in [9.17, 15) is 10.1 Å². The van der Waals surface area contributed by atoms with Crippen LogP contribution in [0.15, 0.2) is 88.2 Å². The Hall–Kier alpha value is -3.00. The molecule has 138 valence electrons. The molecular formula is C23H17ClN2OS. The van der Waals surface area contributed by atoms with Crippen LogP contribution in [0, 0.1) is 18.3 Å². The lowest BCUT2D eigenvalue weighted by molar-refractivity contribution is -0.112. The van der Waals surface area contributed by atoms with Gasteiger partial charge in [0.05, 0.1) is 0 Å². The Morgan fingerprint density at radius 1 is 1.04 bits per heavy atom. The number of nitrogens with zero attached hydrogens (tertiary/aromatic N) is 1.